The Morgan fingerprint density at radius 3 is 2.76 bits per heavy atom. The first-order valence-corrected chi connectivity index (χ1v) is 6.61. The molecule has 2 heterocycles. The van der Waals surface area contributed by atoms with Gasteiger partial charge in [-0.05, 0) is 26.0 Å². The molecule has 90 valence electrons. The number of nitrogens with one attached hydrogen (secondary N) is 1. The lowest BCUT2D eigenvalue weighted by Crippen LogP contribution is -2.18. The molecule has 5 heteroatoms. The maximum atomic E-state index is 5.91. The minimum Gasteiger partial charge on any atom is -0.304 e. The van der Waals surface area contributed by atoms with Crippen molar-refractivity contribution in [2.24, 2.45) is 0 Å². The van der Waals surface area contributed by atoms with Gasteiger partial charge in [0.2, 0.25) is 0 Å². The molecule has 0 spiro atoms. The summed E-state index contributed by atoms with van der Waals surface area (Å²) in [4.78, 5) is 9.75. The van der Waals surface area contributed by atoms with Crippen LogP contribution < -0.4 is 5.32 Å². The number of aryl methyl sites for hydroxylation is 1. The molecule has 0 aliphatic carbocycles. The molecule has 1 atom stereocenters. The molecule has 2 aromatic rings. The highest BCUT2D eigenvalue weighted by Gasteiger charge is 2.07. The Bertz CT molecular complexity index is 481. The summed E-state index contributed by atoms with van der Waals surface area (Å²) in [6, 6.07) is 4.24. The van der Waals surface area contributed by atoms with Gasteiger partial charge in [-0.15, -0.1) is 11.3 Å². The zero-order chi connectivity index (χ0) is 12.3. The Balaban J connectivity index is 1.92. The number of halogens is 1. The van der Waals surface area contributed by atoms with Crippen molar-refractivity contribution in [3.8, 4) is 0 Å². The van der Waals surface area contributed by atoms with Crippen LogP contribution in [-0.4, -0.2) is 9.97 Å². The molecule has 0 amide bonds. The largest absolute Gasteiger partial charge is 0.304 e. The van der Waals surface area contributed by atoms with E-state index in [1.165, 1.54) is 4.88 Å². The summed E-state index contributed by atoms with van der Waals surface area (Å²) in [5, 5.41) is 3.40. The van der Waals surface area contributed by atoms with Crippen LogP contribution in [0.3, 0.4) is 0 Å². The van der Waals surface area contributed by atoms with E-state index in [2.05, 4.69) is 22.2 Å². The molecule has 0 fully saturated rings. The Morgan fingerprint density at radius 2 is 2.18 bits per heavy atom. The first-order valence-electron chi connectivity index (χ1n) is 5.41. The van der Waals surface area contributed by atoms with Gasteiger partial charge in [0, 0.05) is 29.9 Å². The van der Waals surface area contributed by atoms with Gasteiger partial charge in [0.15, 0.2) is 0 Å². The second-order valence-electron chi connectivity index (χ2n) is 3.89. The first-order chi connectivity index (χ1) is 8.15. The molecule has 17 heavy (non-hydrogen) atoms. The third-order valence-corrected chi connectivity index (χ3v) is 3.86. The molecule has 0 aliphatic heterocycles. The Labute approximate surface area is 110 Å². The molecule has 1 N–H and O–H groups in total. The van der Waals surface area contributed by atoms with Crippen LogP contribution in [0.15, 0.2) is 24.5 Å². The zero-order valence-corrected chi connectivity index (χ0v) is 11.3. The third kappa shape index (κ3) is 3.49. The Hall–Kier alpha value is -0.970. The van der Waals surface area contributed by atoms with Crippen molar-refractivity contribution >= 4 is 22.9 Å². The van der Waals surface area contributed by atoms with Gasteiger partial charge in [-0.25, -0.2) is 0 Å². The molecule has 2 rings (SSSR count). The minimum atomic E-state index is 0.274. The first kappa shape index (κ1) is 12.5. The van der Waals surface area contributed by atoms with Crippen LogP contribution in [0, 0.1) is 6.92 Å². The van der Waals surface area contributed by atoms with E-state index in [0.29, 0.717) is 6.54 Å². The summed E-state index contributed by atoms with van der Waals surface area (Å²) < 4.78 is 0.823. The van der Waals surface area contributed by atoms with Crippen LogP contribution in [-0.2, 0) is 6.54 Å². The second kappa shape index (κ2) is 5.58. The minimum absolute atomic E-state index is 0.274. The molecule has 0 bridgehead atoms. The Kier molecular flexibility index (Phi) is 4.10. The molecule has 0 saturated heterocycles. The number of hydrogen-bond acceptors (Lipinski definition) is 4. The van der Waals surface area contributed by atoms with E-state index >= 15 is 0 Å². The highest BCUT2D eigenvalue weighted by molar-refractivity contribution is 7.16. The maximum absolute atomic E-state index is 5.91. The summed E-state index contributed by atoms with van der Waals surface area (Å²) in [6.45, 7) is 4.76. The lowest BCUT2D eigenvalue weighted by atomic mass is 10.2. The van der Waals surface area contributed by atoms with Gasteiger partial charge >= 0.3 is 0 Å². The van der Waals surface area contributed by atoms with Crippen molar-refractivity contribution < 1.29 is 0 Å². The van der Waals surface area contributed by atoms with E-state index in [-0.39, 0.29) is 6.04 Å². The summed E-state index contributed by atoms with van der Waals surface area (Å²) in [7, 11) is 0. The number of thiophene rings is 1. The number of nitrogens with zero attached hydrogens (tertiary/aromatic N) is 2. The van der Waals surface area contributed by atoms with Crippen LogP contribution in [0.1, 0.15) is 29.2 Å². The molecule has 3 nitrogen and oxygen atoms in total. The lowest BCUT2D eigenvalue weighted by molar-refractivity contribution is 0.574. The van der Waals surface area contributed by atoms with Crippen LogP contribution in [0.2, 0.25) is 4.34 Å². The van der Waals surface area contributed by atoms with E-state index < -0.39 is 0 Å². The number of aromatic nitrogens is 2. The topological polar surface area (TPSA) is 37.8 Å². The molecule has 0 aliphatic rings. The second-order valence-corrected chi connectivity index (χ2v) is 5.64. The molecule has 0 radical (unpaired) electrons. The van der Waals surface area contributed by atoms with E-state index in [1.54, 1.807) is 23.7 Å². The normalized spacial score (nSPS) is 12.6. The average Bonchev–Trinajstić information content (AvgIpc) is 2.75. The fourth-order valence-electron chi connectivity index (χ4n) is 1.43. The standard InChI is InChI=1S/C12H14ClN3S/c1-8-5-16-10(6-14-8)7-15-9(2)11-3-4-12(13)17-11/h3-6,9,15H,7H2,1-2H3. The fourth-order valence-corrected chi connectivity index (χ4v) is 2.52. The summed E-state index contributed by atoms with van der Waals surface area (Å²) in [5.74, 6) is 0. The predicted molar refractivity (Wildman–Crippen MR) is 71.4 cm³/mol. The van der Waals surface area contributed by atoms with Gasteiger partial charge in [-0.2, -0.15) is 0 Å². The van der Waals surface area contributed by atoms with Gasteiger partial charge in [0.05, 0.1) is 15.7 Å². The van der Waals surface area contributed by atoms with E-state index in [1.807, 2.05) is 19.1 Å². The van der Waals surface area contributed by atoms with Crippen molar-refractivity contribution in [3.05, 3.63) is 45.1 Å². The van der Waals surface area contributed by atoms with Gasteiger partial charge in [-0.3, -0.25) is 9.97 Å². The monoisotopic (exact) mass is 267 g/mol. The highest BCUT2D eigenvalue weighted by Crippen LogP contribution is 2.26. The summed E-state index contributed by atoms with van der Waals surface area (Å²) >= 11 is 7.51. The van der Waals surface area contributed by atoms with Gasteiger partial charge in [0.25, 0.3) is 0 Å². The van der Waals surface area contributed by atoms with Crippen molar-refractivity contribution in [1.29, 1.82) is 0 Å². The number of rotatable bonds is 4. The smallest absolute Gasteiger partial charge is 0.0931 e. The predicted octanol–water partition coefficient (Wildman–Crippen LogP) is 3.35. The molecular formula is C12H14ClN3S. The molecule has 0 saturated carbocycles. The molecule has 1 unspecified atom stereocenters. The van der Waals surface area contributed by atoms with E-state index in [0.717, 1.165) is 15.7 Å². The van der Waals surface area contributed by atoms with Gasteiger partial charge in [-0.1, -0.05) is 11.6 Å². The van der Waals surface area contributed by atoms with Gasteiger partial charge < -0.3 is 5.32 Å². The van der Waals surface area contributed by atoms with Crippen molar-refractivity contribution in [2.75, 3.05) is 0 Å². The fraction of sp³-hybridized carbons (Fsp3) is 0.333. The van der Waals surface area contributed by atoms with E-state index in [9.17, 15) is 0 Å². The number of hydrogen-bond donors (Lipinski definition) is 1. The third-order valence-electron chi connectivity index (χ3n) is 2.44. The van der Waals surface area contributed by atoms with Crippen LogP contribution in [0.4, 0.5) is 0 Å². The molecule has 0 aromatic carbocycles. The SMILES string of the molecule is Cc1cnc(CNC(C)c2ccc(Cl)s2)cn1. The zero-order valence-electron chi connectivity index (χ0n) is 9.77. The molecular weight excluding hydrogens is 254 g/mol. The quantitative estimate of drug-likeness (QED) is 0.923. The van der Waals surface area contributed by atoms with Crippen molar-refractivity contribution in [3.63, 3.8) is 0 Å². The van der Waals surface area contributed by atoms with E-state index in [4.69, 9.17) is 11.6 Å². The maximum Gasteiger partial charge on any atom is 0.0931 e. The lowest BCUT2D eigenvalue weighted by Gasteiger charge is -2.11. The summed E-state index contributed by atoms with van der Waals surface area (Å²) in [5.41, 5.74) is 1.89. The van der Waals surface area contributed by atoms with Crippen molar-refractivity contribution in [1.82, 2.24) is 15.3 Å². The Morgan fingerprint density at radius 1 is 1.35 bits per heavy atom. The molecule has 2 aromatic heterocycles. The van der Waals surface area contributed by atoms with Crippen LogP contribution in [0.25, 0.3) is 0 Å². The van der Waals surface area contributed by atoms with Crippen LogP contribution >= 0.6 is 22.9 Å². The van der Waals surface area contributed by atoms with Crippen molar-refractivity contribution in [2.45, 2.75) is 26.4 Å². The summed E-state index contributed by atoms with van der Waals surface area (Å²) in [6.07, 6.45) is 3.58. The highest BCUT2D eigenvalue weighted by atomic mass is 35.5. The van der Waals surface area contributed by atoms with Crippen LogP contribution in [0.5, 0.6) is 0 Å². The van der Waals surface area contributed by atoms with Gasteiger partial charge in [0.1, 0.15) is 0 Å². The average molecular weight is 268 g/mol.